The summed E-state index contributed by atoms with van der Waals surface area (Å²) in [6.07, 6.45) is -4.38. The minimum absolute atomic E-state index is 0.134. The van der Waals surface area contributed by atoms with Gasteiger partial charge in [0.05, 0.1) is 11.3 Å². The zero-order valence-electron chi connectivity index (χ0n) is 8.45. The molecular weight excluding hydrogens is 235 g/mol. The monoisotopic (exact) mass is 243 g/mol. The van der Waals surface area contributed by atoms with E-state index in [4.69, 9.17) is 5.73 Å². The largest absolute Gasteiger partial charge is 0.416 e. The van der Waals surface area contributed by atoms with Gasteiger partial charge in [-0.15, -0.1) is 0 Å². The zero-order chi connectivity index (χ0) is 12.6. The standard InChI is InChI=1S/C10H8F3N3O/c11-10(12,13)6-1-3-7(4-2-6)16-8(14)5-9(17)15-16/h1-5H,14H2,(H,15,17). The molecular formula is C10H8F3N3O. The van der Waals surface area contributed by atoms with Crippen LogP contribution < -0.4 is 11.3 Å². The molecule has 0 unspecified atom stereocenters. The molecule has 0 spiro atoms. The quantitative estimate of drug-likeness (QED) is 0.801. The van der Waals surface area contributed by atoms with Gasteiger partial charge >= 0.3 is 6.18 Å². The highest BCUT2D eigenvalue weighted by Crippen LogP contribution is 2.29. The third-order valence-electron chi connectivity index (χ3n) is 2.21. The van der Waals surface area contributed by atoms with E-state index < -0.39 is 17.3 Å². The number of halogens is 3. The number of aromatic nitrogens is 2. The first-order valence-electron chi connectivity index (χ1n) is 4.63. The number of H-pyrrole nitrogens is 1. The fraction of sp³-hybridized carbons (Fsp3) is 0.100. The number of nitrogen functional groups attached to an aromatic ring is 1. The molecule has 0 bridgehead atoms. The van der Waals surface area contributed by atoms with Crippen molar-refractivity contribution in [2.75, 3.05) is 5.73 Å². The number of nitrogens with two attached hydrogens (primary N) is 1. The molecule has 3 N–H and O–H groups in total. The minimum atomic E-state index is -4.38. The van der Waals surface area contributed by atoms with Gasteiger partial charge in [-0.2, -0.15) is 13.2 Å². The van der Waals surface area contributed by atoms with E-state index in [1.54, 1.807) is 0 Å². The molecule has 0 atom stereocenters. The maximum atomic E-state index is 12.3. The highest BCUT2D eigenvalue weighted by molar-refractivity contribution is 5.42. The van der Waals surface area contributed by atoms with Crippen LogP contribution in [-0.4, -0.2) is 9.78 Å². The van der Waals surface area contributed by atoms with Crippen molar-refractivity contribution in [2.24, 2.45) is 0 Å². The molecule has 2 aromatic rings. The van der Waals surface area contributed by atoms with Gasteiger partial charge in [0.25, 0.3) is 5.56 Å². The number of hydrogen-bond acceptors (Lipinski definition) is 2. The van der Waals surface area contributed by atoms with Crippen molar-refractivity contribution < 1.29 is 13.2 Å². The summed E-state index contributed by atoms with van der Waals surface area (Å²) in [5.74, 6) is 0.134. The number of benzene rings is 1. The van der Waals surface area contributed by atoms with Crippen LogP contribution in [0.1, 0.15) is 5.56 Å². The zero-order valence-corrected chi connectivity index (χ0v) is 8.45. The second-order valence-corrected chi connectivity index (χ2v) is 3.43. The third kappa shape index (κ3) is 2.17. The first-order valence-corrected chi connectivity index (χ1v) is 4.63. The first-order chi connectivity index (χ1) is 7.88. The Labute approximate surface area is 93.5 Å². The second kappa shape index (κ2) is 3.69. The SMILES string of the molecule is Nc1cc(=O)[nH]n1-c1ccc(C(F)(F)F)cc1. The van der Waals surface area contributed by atoms with Crippen molar-refractivity contribution in [2.45, 2.75) is 6.18 Å². The van der Waals surface area contributed by atoms with Crippen LogP contribution in [0.3, 0.4) is 0 Å². The summed E-state index contributed by atoms with van der Waals surface area (Å²) in [6.45, 7) is 0. The lowest BCUT2D eigenvalue weighted by Crippen LogP contribution is -2.07. The molecule has 1 aromatic carbocycles. The number of nitrogens with zero attached hydrogens (tertiary/aromatic N) is 1. The number of alkyl halides is 3. The molecule has 4 nitrogen and oxygen atoms in total. The summed E-state index contributed by atoms with van der Waals surface area (Å²) >= 11 is 0. The summed E-state index contributed by atoms with van der Waals surface area (Å²) in [7, 11) is 0. The first kappa shape index (κ1) is 11.3. The average Bonchev–Trinajstić information content (AvgIpc) is 2.57. The highest BCUT2D eigenvalue weighted by Gasteiger charge is 2.30. The number of nitrogens with one attached hydrogen (secondary N) is 1. The summed E-state index contributed by atoms with van der Waals surface area (Å²) in [5.41, 5.74) is 4.70. The molecule has 17 heavy (non-hydrogen) atoms. The van der Waals surface area contributed by atoms with Gasteiger partial charge in [0.2, 0.25) is 0 Å². The van der Waals surface area contributed by atoms with Crippen molar-refractivity contribution in [1.29, 1.82) is 0 Å². The van der Waals surface area contributed by atoms with Crippen molar-refractivity contribution >= 4 is 5.82 Å². The lowest BCUT2D eigenvalue weighted by molar-refractivity contribution is -0.137. The van der Waals surface area contributed by atoms with E-state index in [1.807, 2.05) is 0 Å². The maximum Gasteiger partial charge on any atom is 0.416 e. The second-order valence-electron chi connectivity index (χ2n) is 3.43. The summed E-state index contributed by atoms with van der Waals surface area (Å²) in [4.78, 5) is 11.0. The molecule has 0 aliphatic carbocycles. The Kier molecular flexibility index (Phi) is 2.45. The molecule has 90 valence electrons. The molecule has 0 amide bonds. The fourth-order valence-corrected chi connectivity index (χ4v) is 1.42. The molecule has 0 saturated heterocycles. The predicted octanol–water partition coefficient (Wildman–Crippen LogP) is 1.77. The van der Waals surface area contributed by atoms with Gasteiger partial charge in [-0.3, -0.25) is 9.89 Å². The van der Waals surface area contributed by atoms with Crippen LogP contribution in [0.15, 0.2) is 35.1 Å². The van der Waals surface area contributed by atoms with Gasteiger partial charge in [0.15, 0.2) is 0 Å². The Morgan fingerprint density at radius 3 is 2.18 bits per heavy atom. The molecule has 7 heteroatoms. The predicted molar refractivity (Wildman–Crippen MR) is 55.8 cm³/mol. The number of hydrogen-bond donors (Lipinski definition) is 2. The van der Waals surface area contributed by atoms with E-state index in [-0.39, 0.29) is 5.82 Å². The molecule has 0 aliphatic rings. The Morgan fingerprint density at radius 1 is 1.18 bits per heavy atom. The Hall–Kier alpha value is -2.18. The van der Waals surface area contributed by atoms with Crippen LogP contribution in [0.5, 0.6) is 0 Å². The van der Waals surface area contributed by atoms with Gasteiger partial charge in [-0.1, -0.05) is 0 Å². The highest BCUT2D eigenvalue weighted by atomic mass is 19.4. The molecule has 0 aliphatic heterocycles. The molecule has 1 aromatic heterocycles. The van der Waals surface area contributed by atoms with Gasteiger partial charge in [-0.25, -0.2) is 4.68 Å². The van der Waals surface area contributed by atoms with Crippen LogP contribution in [0.2, 0.25) is 0 Å². The van der Waals surface area contributed by atoms with Gasteiger partial charge in [-0.05, 0) is 24.3 Å². The van der Waals surface area contributed by atoms with Crippen LogP contribution in [0, 0.1) is 0 Å². The third-order valence-corrected chi connectivity index (χ3v) is 2.21. The van der Waals surface area contributed by atoms with Crippen LogP contribution in [0.4, 0.5) is 19.0 Å². The van der Waals surface area contributed by atoms with Crippen molar-refractivity contribution in [3.63, 3.8) is 0 Å². The molecule has 0 fully saturated rings. The Balaban J connectivity index is 2.43. The topological polar surface area (TPSA) is 63.8 Å². The van der Waals surface area contributed by atoms with Gasteiger partial charge < -0.3 is 5.73 Å². The Bertz CT molecular complexity index is 580. The lowest BCUT2D eigenvalue weighted by Gasteiger charge is -2.08. The van der Waals surface area contributed by atoms with Crippen molar-refractivity contribution in [1.82, 2.24) is 9.78 Å². The normalized spacial score (nSPS) is 11.7. The van der Waals surface area contributed by atoms with Crippen LogP contribution in [0.25, 0.3) is 5.69 Å². The smallest absolute Gasteiger partial charge is 0.384 e. The molecule has 2 rings (SSSR count). The summed E-state index contributed by atoms with van der Waals surface area (Å²) < 4.78 is 38.2. The molecule has 0 radical (unpaired) electrons. The van der Waals surface area contributed by atoms with E-state index in [0.717, 1.165) is 18.2 Å². The fourth-order valence-electron chi connectivity index (χ4n) is 1.42. The van der Waals surface area contributed by atoms with Crippen LogP contribution in [-0.2, 0) is 6.18 Å². The molecule has 1 heterocycles. The lowest BCUT2D eigenvalue weighted by atomic mass is 10.2. The Morgan fingerprint density at radius 2 is 1.76 bits per heavy atom. The maximum absolute atomic E-state index is 12.3. The summed E-state index contributed by atoms with van der Waals surface area (Å²) in [6, 6.07) is 5.46. The van der Waals surface area contributed by atoms with E-state index >= 15 is 0 Å². The minimum Gasteiger partial charge on any atom is -0.384 e. The van der Waals surface area contributed by atoms with E-state index in [9.17, 15) is 18.0 Å². The number of anilines is 1. The van der Waals surface area contributed by atoms with Crippen molar-refractivity contribution in [3.05, 3.63) is 46.2 Å². The summed E-state index contributed by atoms with van der Waals surface area (Å²) in [5, 5.41) is 2.37. The van der Waals surface area contributed by atoms with Crippen molar-refractivity contribution in [3.8, 4) is 5.69 Å². The van der Waals surface area contributed by atoms with E-state index in [1.165, 1.54) is 16.8 Å². The van der Waals surface area contributed by atoms with Crippen LogP contribution >= 0.6 is 0 Å². The molecule has 0 saturated carbocycles. The number of rotatable bonds is 1. The van der Waals surface area contributed by atoms with Gasteiger partial charge in [0.1, 0.15) is 5.82 Å². The average molecular weight is 243 g/mol. The van der Waals surface area contributed by atoms with E-state index in [2.05, 4.69) is 5.10 Å². The van der Waals surface area contributed by atoms with E-state index in [0.29, 0.717) is 5.69 Å². The van der Waals surface area contributed by atoms with Gasteiger partial charge in [0, 0.05) is 6.07 Å². The number of aromatic amines is 1.